The van der Waals surface area contributed by atoms with Gasteiger partial charge in [0.2, 0.25) is 17.6 Å². The molecule has 1 saturated heterocycles. The Morgan fingerprint density at radius 2 is 2.09 bits per heavy atom. The number of carbonyl (C=O) groups excluding carboxylic acids is 1. The number of amides is 1. The van der Waals surface area contributed by atoms with E-state index in [0.717, 1.165) is 24.2 Å². The predicted molar refractivity (Wildman–Crippen MR) is 83.4 cm³/mol. The van der Waals surface area contributed by atoms with Crippen molar-refractivity contribution < 1.29 is 14.4 Å². The Hall–Kier alpha value is -2.25. The quantitative estimate of drug-likeness (QED) is 0.893. The van der Waals surface area contributed by atoms with Gasteiger partial charge in [-0.2, -0.15) is 4.98 Å². The average molecular weight is 316 g/mol. The first kappa shape index (κ1) is 15.6. The largest absolute Gasteiger partial charge is 0.387 e. The number of piperazine rings is 1. The zero-order chi connectivity index (χ0) is 16.2. The Balaban J connectivity index is 1.59. The molecule has 1 aromatic heterocycles. The molecule has 7 nitrogen and oxygen atoms in total. The number of aromatic nitrogens is 2. The lowest BCUT2D eigenvalue weighted by atomic mass is 10.1. The van der Waals surface area contributed by atoms with Crippen molar-refractivity contribution in [1.29, 1.82) is 0 Å². The van der Waals surface area contributed by atoms with Gasteiger partial charge in [0.1, 0.15) is 6.61 Å². The molecule has 0 saturated carbocycles. The lowest BCUT2D eigenvalue weighted by Gasteiger charge is -2.33. The van der Waals surface area contributed by atoms with Crippen LogP contribution >= 0.6 is 0 Å². The fourth-order valence-corrected chi connectivity index (χ4v) is 2.67. The molecule has 1 aliphatic rings. The van der Waals surface area contributed by atoms with Crippen LogP contribution < -0.4 is 0 Å². The van der Waals surface area contributed by atoms with Gasteiger partial charge in [0.15, 0.2) is 0 Å². The Labute approximate surface area is 134 Å². The number of hydrogen-bond donors (Lipinski definition) is 1. The van der Waals surface area contributed by atoms with E-state index in [1.54, 1.807) is 4.90 Å². The maximum atomic E-state index is 11.4. The topological polar surface area (TPSA) is 82.7 Å². The fraction of sp³-hybridized carbons (Fsp3) is 0.438. The minimum absolute atomic E-state index is 0.218. The summed E-state index contributed by atoms with van der Waals surface area (Å²) in [6, 6.07) is 7.98. The minimum atomic E-state index is -0.427. The van der Waals surface area contributed by atoms with E-state index in [2.05, 4.69) is 15.0 Å². The van der Waals surface area contributed by atoms with Crippen molar-refractivity contribution in [1.82, 2.24) is 19.9 Å². The monoisotopic (exact) mass is 316 g/mol. The SMILES string of the molecule is Cc1cccc(-c2noc(CN3CCN(C(=O)CO)CC3)n2)c1. The first-order valence-electron chi connectivity index (χ1n) is 7.66. The lowest BCUT2D eigenvalue weighted by Crippen LogP contribution is -2.49. The summed E-state index contributed by atoms with van der Waals surface area (Å²) in [6.45, 7) is 4.85. The number of benzene rings is 1. The highest BCUT2D eigenvalue weighted by molar-refractivity contribution is 5.77. The number of rotatable bonds is 4. The highest BCUT2D eigenvalue weighted by Crippen LogP contribution is 2.17. The molecule has 1 N–H and O–H groups in total. The first-order valence-corrected chi connectivity index (χ1v) is 7.66. The van der Waals surface area contributed by atoms with Crippen LogP contribution in [-0.4, -0.2) is 63.7 Å². The maximum Gasteiger partial charge on any atom is 0.248 e. The normalized spacial score (nSPS) is 15.8. The van der Waals surface area contributed by atoms with Crippen molar-refractivity contribution in [3.05, 3.63) is 35.7 Å². The van der Waals surface area contributed by atoms with Gasteiger partial charge in [-0.15, -0.1) is 0 Å². The summed E-state index contributed by atoms with van der Waals surface area (Å²) in [6.07, 6.45) is 0. The van der Waals surface area contributed by atoms with E-state index in [1.165, 1.54) is 0 Å². The second kappa shape index (κ2) is 6.89. The minimum Gasteiger partial charge on any atom is -0.387 e. The van der Waals surface area contributed by atoms with E-state index in [0.29, 0.717) is 31.3 Å². The van der Waals surface area contributed by atoms with E-state index in [9.17, 15) is 4.79 Å². The number of aryl methyl sites for hydroxylation is 1. The number of aliphatic hydroxyl groups is 1. The van der Waals surface area contributed by atoms with Gasteiger partial charge in [0.05, 0.1) is 6.54 Å². The summed E-state index contributed by atoms with van der Waals surface area (Å²) < 4.78 is 5.33. The van der Waals surface area contributed by atoms with E-state index < -0.39 is 6.61 Å². The number of carbonyl (C=O) groups is 1. The summed E-state index contributed by atoms with van der Waals surface area (Å²) >= 11 is 0. The van der Waals surface area contributed by atoms with Crippen LogP contribution in [-0.2, 0) is 11.3 Å². The molecule has 2 heterocycles. The van der Waals surface area contributed by atoms with E-state index in [1.807, 2.05) is 31.2 Å². The second-order valence-corrected chi connectivity index (χ2v) is 5.70. The van der Waals surface area contributed by atoms with Crippen molar-refractivity contribution in [3.8, 4) is 11.4 Å². The van der Waals surface area contributed by atoms with Gasteiger partial charge < -0.3 is 14.5 Å². The van der Waals surface area contributed by atoms with Gasteiger partial charge in [-0.1, -0.05) is 28.9 Å². The van der Waals surface area contributed by atoms with Crippen LogP contribution in [0.25, 0.3) is 11.4 Å². The van der Waals surface area contributed by atoms with Crippen molar-refractivity contribution in [2.45, 2.75) is 13.5 Å². The van der Waals surface area contributed by atoms with E-state index in [-0.39, 0.29) is 5.91 Å². The van der Waals surface area contributed by atoms with Crippen LogP contribution in [0.2, 0.25) is 0 Å². The predicted octanol–water partition coefficient (Wildman–Crippen LogP) is 0.682. The third-order valence-electron chi connectivity index (χ3n) is 3.96. The van der Waals surface area contributed by atoms with Crippen LogP contribution in [0.5, 0.6) is 0 Å². The summed E-state index contributed by atoms with van der Waals surface area (Å²) in [7, 11) is 0. The molecular formula is C16H20N4O3. The Bertz CT molecular complexity index is 677. The van der Waals surface area contributed by atoms with Crippen LogP contribution in [0.1, 0.15) is 11.5 Å². The van der Waals surface area contributed by atoms with Crippen LogP contribution in [0.15, 0.2) is 28.8 Å². The molecule has 0 atom stereocenters. The number of nitrogens with zero attached hydrogens (tertiary/aromatic N) is 4. The van der Waals surface area contributed by atoms with Crippen LogP contribution in [0.3, 0.4) is 0 Å². The molecular weight excluding hydrogens is 296 g/mol. The number of aliphatic hydroxyl groups excluding tert-OH is 1. The van der Waals surface area contributed by atoms with Crippen molar-refractivity contribution in [2.24, 2.45) is 0 Å². The molecule has 122 valence electrons. The third-order valence-corrected chi connectivity index (χ3v) is 3.96. The molecule has 7 heteroatoms. The van der Waals surface area contributed by atoms with Gasteiger partial charge in [-0.25, -0.2) is 0 Å². The standard InChI is InChI=1S/C16H20N4O3/c1-12-3-2-4-13(9-12)16-17-14(23-18-16)10-19-5-7-20(8-6-19)15(22)11-21/h2-4,9,21H,5-8,10-11H2,1H3. The lowest BCUT2D eigenvalue weighted by molar-refractivity contribution is -0.136. The summed E-state index contributed by atoms with van der Waals surface area (Å²) in [4.78, 5) is 19.7. The zero-order valence-electron chi connectivity index (χ0n) is 13.1. The van der Waals surface area contributed by atoms with Crippen LogP contribution in [0.4, 0.5) is 0 Å². The summed E-state index contributed by atoms with van der Waals surface area (Å²) in [5.41, 5.74) is 2.09. The summed E-state index contributed by atoms with van der Waals surface area (Å²) in [5.74, 6) is 0.949. The summed E-state index contributed by atoms with van der Waals surface area (Å²) in [5, 5.41) is 12.9. The molecule has 0 aliphatic carbocycles. The van der Waals surface area contributed by atoms with Gasteiger partial charge in [-0.3, -0.25) is 9.69 Å². The zero-order valence-corrected chi connectivity index (χ0v) is 13.1. The maximum absolute atomic E-state index is 11.4. The molecule has 0 unspecified atom stereocenters. The van der Waals surface area contributed by atoms with Crippen molar-refractivity contribution in [2.75, 3.05) is 32.8 Å². The van der Waals surface area contributed by atoms with E-state index >= 15 is 0 Å². The molecule has 3 rings (SSSR count). The van der Waals surface area contributed by atoms with Crippen molar-refractivity contribution >= 4 is 5.91 Å². The molecule has 0 bridgehead atoms. The molecule has 2 aromatic rings. The van der Waals surface area contributed by atoms with E-state index in [4.69, 9.17) is 9.63 Å². The van der Waals surface area contributed by atoms with Gasteiger partial charge >= 0.3 is 0 Å². The highest BCUT2D eigenvalue weighted by atomic mass is 16.5. The highest BCUT2D eigenvalue weighted by Gasteiger charge is 2.22. The fourth-order valence-electron chi connectivity index (χ4n) is 2.67. The first-order chi connectivity index (χ1) is 11.2. The Morgan fingerprint density at radius 1 is 1.30 bits per heavy atom. The molecule has 1 amide bonds. The smallest absolute Gasteiger partial charge is 0.248 e. The molecule has 0 radical (unpaired) electrons. The second-order valence-electron chi connectivity index (χ2n) is 5.70. The molecule has 1 fully saturated rings. The van der Waals surface area contributed by atoms with Gasteiger partial charge in [0.25, 0.3) is 0 Å². The molecule has 0 spiro atoms. The Kier molecular flexibility index (Phi) is 4.68. The average Bonchev–Trinajstić information content (AvgIpc) is 3.03. The van der Waals surface area contributed by atoms with Crippen LogP contribution in [0, 0.1) is 6.92 Å². The van der Waals surface area contributed by atoms with Gasteiger partial charge in [0, 0.05) is 31.7 Å². The number of hydrogen-bond acceptors (Lipinski definition) is 6. The molecule has 1 aromatic carbocycles. The molecule has 1 aliphatic heterocycles. The molecule has 23 heavy (non-hydrogen) atoms. The van der Waals surface area contributed by atoms with Crippen molar-refractivity contribution in [3.63, 3.8) is 0 Å². The Morgan fingerprint density at radius 3 is 2.78 bits per heavy atom. The van der Waals surface area contributed by atoms with Gasteiger partial charge in [-0.05, 0) is 13.0 Å². The third kappa shape index (κ3) is 3.75.